The molecule has 20 heavy (non-hydrogen) atoms. The quantitative estimate of drug-likeness (QED) is 0.786. The van der Waals surface area contributed by atoms with Gasteiger partial charge in [0.25, 0.3) is 0 Å². The minimum absolute atomic E-state index is 0.0874. The van der Waals surface area contributed by atoms with Crippen molar-refractivity contribution in [3.8, 4) is 9.88 Å². The minimum Gasteiger partial charge on any atom is -0.325 e. The van der Waals surface area contributed by atoms with E-state index in [1.807, 2.05) is 11.4 Å². The van der Waals surface area contributed by atoms with Gasteiger partial charge < -0.3 is 5.73 Å². The first-order chi connectivity index (χ1) is 9.40. The molecule has 0 aliphatic heterocycles. The zero-order chi connectivity index (χ0) is 14.5. The van der Waals surface area contributed by atoms with Gasteiger partial charge >= 0.3 is 0 Å². The number of aryl methyl sites for hydroxylation is 1. The third-order valence-electron chi connectivity index (χ3n) is 2.87. The summed E-state index contributed by atoms with van der Waals surface area (Å²) in [6.07, 6.45) is 0. The van der Waals surface area contributed by atoms with Crippen molar-refractivity contribution in [2.45, 2.75) is 39.7 Å². The van der Waals surface area contributed by atoms with E-state index in [9.17, 15) is 0 Å². The molecular weight excluding hydrogens is 292 g/mol. The largest absolute Gasteiger partial charge is 0.325 e. The highest BCUT2D eigenvalue weighted by molar-refractivity contribution is 7.24. The minimum atomic E-state index is -0.0874. The smallest absolute Gasteiger partial charge is 0.235 e. The van der Waals surface area contributed by atoms with Gasteiger partial charge in [0.15, 0.2) is 10.8 Å². The summed E-state index contributed by atoms with van der Waals surface area (Å²) in [7, 11) is 0. The summed E-state index contributed by atoms with van der Waals surface area (Å²) in [6, 6.07) is 0. The highest BCUT2D eigenvalue weighted by Crippen LogP contribution is 2.34. The van der Waals surface area contributed by atoms with Crippen molar-refractivity contribution in [2.75, 3.05) is 0 Å². The summed E-state index contributed by atoms with van der Waals surface area (Å²) in [6.45, 7) is 8.76. The standard InChI is InChI=1S/C12H16N6S2/c1-6-8(19-7(5-13)14-6)9-17-18-10(12(2,3)4)15-16-11(18)20-9/h5,13H2,1-4H3. The van der Waals surface area contributed by atoms with Crippen LogP contribution in [-0.2, 0) is 12.0 Å². The average Bonchev–Trinajstić information content (AvgIpc) is 2.98. The molecule has 3 rings (SSSR count). The van der Waals surface area contributed by atoms with E-state index in [4.69, 9.17) is 5.73 Å². The molecule has 0 fully saturated rings. The van der Waals surface area contributed by atoms with Crippen LogP contribution in [-0.4, -0.2) is 24.8 Å². The van der Waals surface area contributed by atoms with Gasteiger partial charge in [-0.3, -0.25) is 0 Å². The predicted octanol–water partition coefficient (Wildman–Crippen LogP) is 2.37. The van der Waals surface area contributed by atoms with Gasteiger partial charge in [-0.15, -0.1) is 21.5 Å². The van der Waals surface area contributed by atoms with Gasteiger partial charge in [0.2, 0.25) is 4.96 Å². The van der Waals surface area contributed by atoms with E-state index >= 15 is 0 Å². The number of nitrogens with zero attached hydrogens (tertiary/aromatic N) is 5. The van der Waals surface area contributed by atoms with Crippen LogP contribution in [0, 0.1) is 6.92 Å². The maximum Gasteiger partial charge on any atom is 0.235 e. The zero-order valence-electron chi connectivity index (χ0n) is 11.8. The monoisotopic (exact) mass is 308 g/mol. The lowest BCUT2D eigenvalue weighted by molar-refractivity contribution is 0.528. The molecule has 3 aromatic rings. The summed E-state index contributed by atoms with van der Waals surface area (Å²) < 4.78 is 1.83. The molecule has 106 valence electrons. The molecule has 6 nitrogen and oxygen atoms in total. The maximum absolute atomic E-state index is 5.65. The lowest BCUT2D eigenvalue weighted by Gasteiger charge is -2.13. The first-order valence-corrected chi connectivity index (χ1v) is 7.93. The van der Waals surface area contributed by atoms with E-state index in [0.717, 1.165) is 31.4 Å². The molecule has 0 aliphatic rings. The summed E-state index contributed by atoms with van der Waals surface area (Å²) >= 11 is 3.13. The second-order valence-corrected chi connectivity index (χ2v) is 7.64. The van der Waals surface area contributed by atoms with Crippen molar-refractivity contribution < 1.29 is 0 Å². The molecule has 0 atom stereocenters. The Morgan fingerprint density at radius 3 is 2.55 bits per heavy atom. The molecule has 2 N–H and O–H groups in total. The van der Waals surface area contributed by atoms with Crippen LogP contribution in [0.1, 0.15) is 37.3 Å². The van der Waals surface area contributed by atoms with E-state index in [1.54, 1.807) is 11.3 Å². The SMILES string of the molecule is Cc1nc(CN)sc1-c1nn2c(C(C)(C)C)nnc2s1. The highest BCUT2D eigenvalue weighted by atomic mass is 32.1. The average molecular weight is 308 g/mol. The molecule has 0 amide bonds. The van der Waals surface area contributed by atoms with Crippen molar-refractivity contribution in [3.05, 3.63) is 16.5 Å². The lowest BCUT2D eigenvalue weighted by Crippen LogP contribution is -2.16. The van der Waals surface area contributed by atoms with Gasteiger partial charge in [0.1, 0.15) is 5.01 Å². The number of hydrogen-bond acceptors (Lipinski definition) is 7. The van der Waals surface area contributed by atoms with Gasteiger partial charge in [-0.2, -0.15) is 9.61 Å². The van der Waals surface area contributed by atoms with Crippen molar-refractivity contribution >= 4 is 27.6 Å². The summed E-state index contributed by atoms with van der Waals surface area (Å²) in [5.74, 6) is 0.871. The summed E-state index contributed by atoms with van der Waals surface area (Å²) in [5, 5.41) is 15.0. The van der Waals surface area contributed by atoms with Crippen LogP contribution in [0.2, 0.25) is 0 Å². The Morgan fingerprint density at radius 1 is 1.20 bits per heavy atom. The summed E-state index contributed by atoms with van der Waals surface area (Å²) in [4.78, 5) is 6.33. The van der Waals surface area contributed by atoms with E-state index in [-0.39, 0.29) is 5.41 Å². The number of thiazole rings is 1. The number of hydrogen-bond donors (Lipinski definition) is 1. The molecule has 0 unspecified atom stereocenters. The van der Waals surface area contributed by atoms with Gasteiger partial charge in [-0.25, -0.2) is 4.98 Å². The predicted molar refractivity (Wildman–Crippen MR) is 81.1 cm³/mol. The van der Waals surface area contributed by atoms with Crippen LogP contribution in [0.25, 0.3) is 14.8 Å². The summed E-state index contributed by atoms with van der Waals surface area (Å²) in [5.41, 5.74) is 6.53. The molecule has 3 aromatic heterocycles. The van der Waals surface area contributed by atoms with Crippen molar-refractivity contribution in [1.29, 1.82) is 0 Å². The molecule has 3 heterocycles. The third kappa shape index (κ3) is 2.13. The normalized spacial score (nSPS) is 12.4. The first kappa shape index (κ1) is 13.6. The number of aromatic nitrogens is 5. The fraction of sp³-hybridized carbons (Fsp3) is 0.500. The lowest BCUT2D eigenvalue weighted by atomic mass is 9.96. The van der Waals surface area contributed by atoms with E-state index < -0.39 is 0 Å². The van der Waals surface area contributed by atoms with Gasteiger partial charge in [0.05, 0.1) is 10.6 Å². The molecular formula is C12H16N6S2. The number of fused-ring (bicyclic) bond motifs is 1. The Balaban J connectivity index is 2.13. The van der Waals surface area contributed by atoms with Gasteiger partial charge in [-0.05, 0) is 6.92 Å². The van der Waals surface area contributed by atoms with Crippen molar-refractivity contribution in [1.82, 2.24) is 24.8 Å². The van der Waals surface area contributed by atoms with Crippen LogP contribution in [0.15, 0.2) is 0 Å². The van der Waals surface area contributed by atoms with Gasteiger partial charge in [0, 0.05) is 12.0 Å². The molecule has 0 spiro atoms. The fourth-order valence-electron chi connectivity index (χ4n) is 1.91. The molecule has 8 heteroatoms. The van der Waals surface area contributed by atoms with E-state index in [2.05, 4.69) is 41.1 Å². The third-order valence-corrected chi connectivity index (χ3v) is 5.10. The Morgan fingerprint density at radius 2 is 1.95 bits per heavy atom. The Hall–Kier alpha value is -1.38. The molecule has 0 saturated heterocycles. The maximum atomic E-state index is 5.65. The molecule has 0 aliphatic carbocycles. The Kier molecular flexibility index (Phi) is 3.11. The second kappa shape index (κ2) is 4.57. The van der Waals surface area contributed by atoms with Crippen molar-refractivity contribution in [3.63, 3.8) is 0 Å². The van der Waals surface area contributed by atoms with Crippen LogP contribution in [0.3, 0.4) is 0 Å². The Bertz CT molecular complexity index is 761. The fourth-order valence-corrected chi connectivity index (χ4v) is 3.82. The van der Waals surface area contributed by atoms with Crippen LogP contribution >= 0.6 is 22.7 Å². The number of rotatable bonds is 2. The molecule has 0 radical (unpaired) electrons. The molecule has 0 aromatic carbocycles. The first-order valence-electron chi connectivity index (χ1n) is 6.29. The van der Waals surface area contributed by atoms with Crippen LogP contribution in [0.5, 0.6) is 0 Å². The number of nitrogens with two attached hydrogens (primary N) is 1. The van der Waals surface area contributed by atoms with E-state index in [1.165, 1.54) is 11.3 Å². The van der Waals surface area contributed by atoms with Gasteiger partial charge in [-0.1, -0.05) is 32.1 Å². The highest BCUT2D eigenvalue weighted by Gasteiger charge is 2.24. The molecule has 0 bridgehead atoms. The van der Waals surface area contributed by atoms with E-state index in [0.29, 0.717) is 6.54 Å². The Labute approximate surface area is 124 Å². The second-order valence-electron chi connectivity index (χ2n) is 5.60. The van der Waals surface area contributed by atoms with Crippen LogP contribution < -0.4 is 5.73 Å². The molecule has 0 saturated carbocycles. The van der Waals surface area contributed by atoms with Crippen molar-refractivity contribution in [2.24, 2.45) is 5.73 Å². The topological polar surface area (TPSA) is 82.0 Å². The zero-order valence-corrected chi connectivity index (χ0v) is 13.5. The van der Waals surface area contributed by atoms with Crippen LogP contribution in [0.4, 0.5) is 0 Å².